The van der Waals surface area contributed by atoms with Gasteiger partial charge in [-0.15, -0.1) is 0 Å². The van der Waals surface area contributed by atoms with E-state index in [0.717, 1.165) is 11.4 Å². The minimum Gasteiger partial charge on any atom is -0.360 e. The molecule has 0 saturated carbocycles. The van der Waals surface area contributed by atoms with Crippen LogP contribution >= 0.6 is 0 Å². The Morgan fingerprint density at radius 3 is 2.83 bits per heavy atom. The molecule has 4 nitrogen and oxygen atoms in total. The lowest BCUT2D eigenvalue weighted by Gasteiger charge is -1.96. The van der Waals surface area contributed by atoms with Crippen LogP contribution in [0.2, 0.25) is 0 Å². The number of nitrogens with zero attached hydrogens (tertiary/aromatic N) is 1. The molecule has 2 N–H and O–H groups in total. The molecular weight excluding hydrogens is 226 g/mol. The number of carbonyl (C=O) groups excluding carboxylic acids is 1. The second-order valence-corrected chi connectivity index (χ2v) is 4.01. The minimum atomic E-state index is -0.0290. The standard InChI is InChI=1S/C14H9N3O/c15-7-9-5-10(16-8-9)6-13-14(18)11-3-1-2-4-12(11)17-13/h1-6,8,16-17H. The van der Waals surface area contributed by atoms with Crippen LogP contribution in [0.5, 0.6) is 0 Å². The fourth-order valence-electron chi connectivity index (χ4n) is 1.95. The van der Waals surface area contributed by atoms with Crippen LogP contribution in [-0.2, 0) is 0 Å². The van der Waals surface area contributed by atoms with Crippen molar-refractivity contribution in [3.05, 3.63) is 59.0 Å². The molecule has 0 fully saturated rings. The summed E-state index contributed by atoms with van der Waals surface area (Å²) in [4.78, 5) is 15.0. The largest absolute Gasteiger partial charge is 0.360 e. The molecule has 0 aliphatic carbocycles. The highest BCUT2D eigenvalue weighted by atomic mass is 16.1. The molecule has 2 heterocycles. The number of allylic oxidation sites excluding steroid dienone is 1. The molecule has 2 aromatic rings. The zero-order chi connectivity index (χ0) is 12.5. The number of anilines is 1. The molecule has 3 rings (SSSR count). The Balaban J connectivity index is 1.97. The first kappa shape index (κ1) is 10.4. The number of aromatic amines is 1. The maximum atomic E-state index is 12.1. The quantitative estimate of drug-likeness (QED) is 0.746. The summed E-state index contributed by atoms with van der Waals surface area (Å²) in [6.07, 6.45) is 3.32. The van der Waals surface area contributed by atoms with Gasteiger partial charge in [0.2, 0.25) is 5.78 Å². The Morgan fingerprint density at radius 2 is 2.11 bits per heavy atom. The van der Waals surface area contributed by atoms with Gasteiger partial charge in [-0.2, -0.15) is 5.26 Å². The summed E-state index contributed by atoms with van der Waals surface area (Å²) in [5, 5.41) is 11.8. The van der Waals surface area contributed by atoms with Crippen molar-refractivity contribution in [2.75, 3.05) is 5.32 Å². The Morgan fingerprint density at radius 1 is 1.28 bits per heavy atom. The Labute approximate surface area is 104 Å². The van der Waals surface area contributed by atoms with Gasteiger partial charge in [0.25, 0.3) is 0 Å². The molecule has 86 valence electrons. The van der Waals surface area contributed by atoms with Gasteiger partial charge in [0.15, 0.2) is 0 Å². The number of nitriles is 1. The fourth-order valence-corrected chi connectivity index (χ4v) is 1.95. The molecule has 1 aliphatic rings. The van der Waals surface area contributed by atoms with Gasteiger partial charge in [-0.25, -0.2) is 0 Å². The zero-order valence-corrected chi connectivity index (χ0v) is 9.40. The zero-order valence-electron chi connectivity index (χ0n) is 9.40. The molecule has 1 aromatic heterocycles. The number of aromatic nitrogens is 1. The van der Waals surface area contributed by atoms with E-state index in [9.17, 15) is 4.79 Å². The van der Waals surface area contributed by atoms with Crippen molar-refractivity contribution in [1.29, 1.82) is 5.26 Å². The lowest BCUT2D eigenvalue weighted by Crippen LogP contribution is -1.99. The number of carbonyl (C=O) groups is 1. The van der Waals surface area contributed by atoms with Gasteiger partial charge in [0.05, 0.1) is 11.3 Å². The van der Waals surface area contributed by atoms with Crippen molar-refractivity contribution in [2.45, 2.75) is 0 Å². The molecule has 18 heavy (non-hydrogen) atoms. The van der Waals surface area contributed by atoms with Gasteiger partial charge in [-0.1, -0.05) is 12.1 Å². The minimum absolute atomic E-state index is 0.0290. The molecule has 0 radical (unpaired) electrons. The van der Waals surface area contributed by atoms with E-state index in [0.29, 0.717) is 16.8 Å². The third kappa shape index (κ3) is 1.59. The number of hydrogen-bond donors (Lipinski definition) is 2. The Bertz CT molecular complexity index is 704. The average molecular weight is 235 g/mol. The van der Waals surface area contributed by atoms with E-state index in [1.807, 2.05) is 24.3 Å². The van der Waals surface area contributed by atoms with Gasteiger partial charge in [-0.05, 0) is 24.3 Å². The SMILES string of the molecule is N#Cc1c[nH]c(C=C2Nc3ccccc3C2=O)c1. The van der Waals surface area contributed by atoms with E-state index in [4.69, 9.17) is 5.26 Å². The number of hydrogen-bond acceptors (Lipinski definition) is 3. The molecule has 0 atom stereocenters. The van der Waals surface area contributed by atoms with Crippen molar-refractivity contribution < 1.29 is 4.79 Å². The van der Waals surface area contributed by atoms with E-state index in [1.54, 1.807) is 24.4 Å². The second-order valence-electron chi connectivity index (χ2n) is 4.01. The van der Waals surface area contributed by atoms with E-state index in [1.165, 1.54) is 0 Å². The topological polar surface area (TPSA) is 68.7 Å². The number of ketones is 1. The Kier molecular flexibility index (Phi) is 2.24. The van der Waals surface area contributed by atoms with Gasteiger partial charge in [0, 0.05) is 23.1 Å². The Hall–Kier alpha value is -2.80. The third-order valence-corrected chi connectivity index (χ3v) is 2.82. The molecule has 0 amide bonds. The van der Waals surface area contributed by atoms with Gasteiger partial charge in [-0.3, -0.25) is 4.79 Å². The average Bonchev–Trinajstić information content (AvgIpc) is 2.97. The van der Waals surface area contributed by atoms with Crippen LogP contribution in [0.1, 0.15) is 21.6 Å². The van der Waals surface area contributed by atoms with Gasteiger partial charge < -0.3 is 10.3 Å². The number of H-pyrrole nitrogens is 1. The van der Waals surface area contributed by atoms with E-state index in [2.05, 4.69) is 10.3 Å². The van der Waals surface area contributed by atoms with Crippen LogP contribution in [0.4, 0.5) is 5.69 Å². The first-order chi connectivity index (χ1) is 8.78. The van der Waals surface area contributed by atoms with Crippen LogP contribution in [0.3, 0.4) is 0 Å². The van der Waals surface area contributed by atoms with E-state index in [-0.39, 0.29) is 5.78 Å². The van der Waals surface area contributed by atoms with Crippen LogP contribution < -0.4 is 5.32 Å². The summed E-state index contributed by atoms with van der Waals surface area (Å²) in [6, 6.07) is 11.1. The van der Waals surface area contributed by atoms with E-state index < -0.39 is 0 Å². The van der Waals surface area contributed by atoms with Gasteiger partial charge in [0.1, 0.15) is 6.07 Å². The molecular formula is C14H9N3O. The summed E-state index contributed by atoms with van der Waals surface area (Å²) in [5.41, 5.74) is 3.29. The maximum Gasteiger partial charge on any atom is 0.211 e. The number of rotatable bonds is 1. The summed E-state index contributed by atoms with van der Waals surface area (Å²) >= 11 is 0. The summed E-state index contributed by atoms with van der Waals surface area (Å²) in [6.45, 7) is 0. The van der Waals surface area contributed by atoms with Crippen LogP contribution in [0, 0.1) is 11.3 Å². The normalized spacial score (nSPS) is 15.3. The van der Waals surface area contributed by atoms with Crippen molar-refractivity contribution in [3.63, 3.8) is 0 Å². The lowest BCUT2D eigenvalue weighted by molar-refractivity contribution is 0.104. The second kappa shape index (κ2) is 3.90. The van der Waals surface area contributed by atoms with Gasteiger partial charge >= 0.3 is 0 Å². The van der Waals surface area contributed by atoms with Crippen molar-refractivity contribution >= 4 is 17.5 Å². The highest BCUT2D eigenvalue weighted by molar-refractivity contribution is 6.20. The molecule has 0 spiro atoms. The van der Waals surface area contributed by atoms with Crippen molar-refractivity contribution in [2.24, 2.45) is 0 Å². The monoisotopic (exact) mass is 235 g/mol. The number of Topliss-reactive ketones (excluding diaryl/α,β-unsaturated/α-hetero) is 1. The van der Waals surface area contributed by atoms with Crippen molar-refractivity contribution in [1.82, 2.24) is 4.98 Å². The molecule has 0 unspecified atom stereocenters. The summed E-state index contributed by atoms with van der Waals surface area (Å²) in [5.74, 6) is -0.0290. The van der Waals surface area contributed by atoms with Crippen molar-refractivity contribution in [3.8, 4) is 6.07 Å². The predicted octanol–water partition coefficient (Wildman–Crippen LogP) is 2.54. The maximum absolute atomic E-state index is 12.1. The first-order valence-corrected chi connectivity index (χ1v) is 5.49. The molecule has 1 aromatic carbocycles. The number of nitrogens with one attached hydrogen (secondary N) is 2. The van der Waals surface area contributed by atoms with Crippen LogP contribution in [-0.4, -0.2) is 10.8 Å². The molecule has 0 bridgehead atoms. The highest BCUT2D eigenvalue weighted by Gasteiger charge is 2.23. The summed E-state index contributed by atoms with van der Waals surface area (Å²) in [7, 11) is 0. The molecule has 0 saturated heterocycles. The summed E-state index contributed by atoms with van der Waals surface area (Å²) < 4.78 is 0. The van der Waals surface area contributed by atoms with Crippen LogP contribution in [0.15, 0.2) is 42.2 Å². The van der Waals surface area contributed by atoms with E-state index >= 15 is 0 Å². The molecule has 1 aliphatic heterocycles. The number of fused-ring (bicyclic) bond motifs is 1. The smallest absolute Gasteiger partial charge is 0.211 e. The molecule has 4 heteroatoms. The first-order valence-electron chi connectivity index (χ1n) is 5.49. The highest BCUT2D eigenvalue weighted by Crippen LogP contribution is 2.28. The third-order valence-electron chi connectivity index (χ3n) is 2.82. The lowest BCUT2D eigenvalue weighted by atomic mass is 10.1. The predicted molar refractivity (Wildman–Crippen MR) is 67.9 cm³/mol. The van der Waals surface area contributed by atoms with Crippen LogP contribution in [0.25, 0.3) is 6.08 Å². The number of benzene rings is 1. The fraction of sp³-hybridized carbons (Fsp3) is 0. The number of para-hydroxylation sites is 1.